The van der Waals surface area contributed by atoms with Crippen LogP contribution in [0.5, 0.6) is 0 Å². The first-order chi connectivity index (χ1) is 29.7. The molecule has 0 saturated heterocycles. The lowest BCUT2D eigenvalue weighted by Crippen LogP contribution is -2.30. The van der Waals surface area contributed by atoms with E-state index < -0.39 is 6.10 Å². The van der Waals surface area contributed by atoms with Gasteiger partial charge in [-0.15, -0.1) is 0 Å². The van der Waals surface area contributed by atoms with Crippen LogP contribution >= 0.6 is 0 Å². The molecule has 0 aliphatic heterocycles. The fraction of sp³-hybridized carbons (Fsp3) is 0.945. The van der Waals surface area contributed by atoms with Crippen LogP contribution in [0.2, 0.25) is 0 Å². The largest absolute Gasteiger partial charge is 0.462 e. The summed E-state index contributed by atoms with van der Waals surface area (Å²) in [5, 5.41) is 0. The highest BCUT2D eigenvalue weighted by atomic mass is 16.6. The third kappa shape index (κ3) is 49.3. The van der Waals surface area contributed by atoms with Gasteiger partial charge in [0.2, 0.25) is 0 Å². The van der Waals surface area contributed by atoms with Gasteiger partial charge in [-0.3, -0.25) is 14.4 Å². The Bertz CT molecular complexity index is 931. The van der Waals surface area contributed by atoms with Crippen LogP contribution in [-0.2, 0) is 28.6 Å². The molecular formula is C55H106O6. The molecule has 0 spiro atoms. The SMILES string of the molecule is CCCCCCCCCCCCC(=O)OC[C@H](COC(=O)CCCCCCCCCCCC(C)C)OC(=O)CCCCCCCCCCCCCCCCCCCCC(C)C. The molecule has 61 heavy (non-hydrogen) atoms. The van der Waals surface area contributed by atoms with E-state index >= 15 is 0 Å². The molecule has 0 aliphatic rings. The molecule has 0 unspecified atom stereocenters. The molecule has 1 atom stereocenters. The van der Waals surface area contributed by atoms with Crippen molar-refractivity contribution in [3.8, 4) is 0 Å². The minimum atomic E-state index is -0.761. The summed E-state index contributed by atoms with van der Waals surface area (Å²) in [6.45, 7) is 11.4. The van der Waals surface area contributed by atoms with Gasteiger partial charge in [0.25, 0.3) is 0 Å². The minimum absolute atomic E-state index is 0.0636. The first-order valence-electron chi connectivity index (χ1n) is 27.2. The molecule has 6 nitrogen and oxygen atoms in total. The van der Waals surface area contributed by atoms with E-state index in [-0.39, 0.29) is 31.1 Å². The van der Waals surface area contributed by atoms with E-state index in [0.29, 0.717) is 19.3 Å². The summed E-state index contributed by atoms with van der Waals surface area (Å²) in [6, 6.07) is 0. The molecule has 0 aromatic carbocycles. The maximum Gasteiger partial charge on any atom is 0.306 e. The zero-order chi connectivity index (χ0) is 44.7. The molecule has 0 aromatic rings. The summed E-state index contributed by atoms with van der Waals surface area (Å²) in [5.41, 5.74) is 0. The zero-order valence-electron chi connectivity index (χ0n) is 41.8. The molecule has 0 saturated carbocycles. The van der Waals surface area contributed by atoms with Crippen molar-refractivity contribution in [1.29, 1.82) is 0 Å². The quantitative estimate of drug-likeness (QED) is 0.0344. The molecule has 0 fully saturated rings. The van der Waals surface area contributed by atoms with Crippen LogP contribution in [0.1, 0.15) is 304 Å². The molecule has 0 bridgehead atoms. The Kier molecular flexibility index (Phi) is 46.6. The van der Waals surface area contributed by atoms with Gasteiger partial charge < -0.3 is 14.2 Å². The summed E-state index contributed by atoms with van der Waals surface area (Å²) in [5.74, 6) is 0.820. The number of rotatable bonds is 49. The fourth-order valence-electron chi connectivity index (χ4n) is 8.34. The molecule has 0 radical (unpaired) electrons. The van der Waals surface area contributed by atoms with Gasteiger partial charge in [0.1, 0.15) is 13.2 Å². The van der Waals surface area contributed by atoms with Crippen LogP contribution < -0.4 is 0 Å². The highest BCUT2D eigenvalue weighted by Crippen LogP contribution is 2.18. The molecule has 0 rings (SSSR count). The van der Waals surface area contributed by atoms with Gasteiger partial charge in [-0.2, -0.15) is 0 Å². The second kappa shape index (κ2) is 47.9. The Morgan fingerprint density at radius 1 is 0.311 bits per heavy atom. The van der Waals surface area contributed by atoms with E-state index in [1.165, 1.54) is 193 Å². The van der Waals surface area contributed by atoms with E-state index in [4.69, 9.17) is 14.2 Å². The van der Waals surface area contributed by atoms with Gasteiger partial charge in [0.15, 0.2) is 6.10 Å². The summed E-state index contributed by atoms with van der Waals surface area (Å²) >= 11 is 0. The molecule has 0 heterocycles. The average molecular weight is 863 g/mol. The predicted molar refractivity (Wildman–Crippen MR) is 261 cm³/mol. The van der Waals surface area contributed by atoms with Gasteiger partial charge in [-0.1, -0.05) is 266 Å². The van der Waals surface area contributed by atoms with E-state index in [1.807, 2.05) is 0 Å². The maximum absolute atomic E-state index is 12.8. The number of carbonyl (C=O) groups is 3. The van der Waals surface area contributed by atoms with Crippen LogP contribution in [0, 0.1) is 11.8 Å². The summed E-state index contributed by atoms with van der Waals surface area (Å²) in [7, 11) is 0. The Morgan fingerprint density at radius 2 is 0.541 bits per heavy atom. The monoisotopic (exact) mass is 863 g/mol. The van der Waals surface area contributed by atoms with E-state index in [1.54, 1.807) is 0 Å². The number of ether oxygens (including phenoxy) is 3. The first kappa shape index (κ1) is 59.4. The third-order valence-corrected chi connectivity index (χ3v) is 12.5. The number of hydrogen-bond donors (Lipinski definition) is 0. The molecule has 0 amide bonds. The minimum Gasteiger partial charge on any atom is -0.462 e. The number of hydrogen-bond acceptors (Lipinski definition) is 6. The zero-order valence-corrected chi connectivity index (χ0v) is 41.8. The Morgan fingerprint density at radius 3 is 0.803 bits per heavy atom. The normalized spacial score (nSPS) is 12.0. The first-order valence-corrected chi connectivity index (χ1v) is 27.2. The molecule has 362 valence electrons. The second-order valence-corrected chi connectivity index (χ2v) is 19.8. The summed E-state index contributed by atoms with van der Waals surface area (Å²) in [4.78, 5) is 37.9. The smallest absolute Gasteiger partial charge is 0.306 e. The van der Waals surface area contributed by atoms with Crippen molar-refractivity contribution < 1.29 is 28.6 Å². The number of carbonyl (C=O) groups excluding carboxylic acids is 3. The van der Waals surface area contributed by atoms with E-state index in [0.717, 1.165) is 69.6 Å². The highest BCUT2D eigenvalue weighted by Gasteiger charge is 2.19. The van der Waals surface area contributed by atoms with E-state index in [9.17, 15) is 14.4 Å². The van der Waals surface area contributed by atoms with Gasteiger partial charge in [-0.05, 0) is 31.1 Å². The third-order valence-electron chi connectivity index (χ3n) is 12.5. The summed E-state index contributed by atoms with van der Waals surface area (Å²) in [6.07, 6.45) is 49.6. The van der Waals surface area contributed by atoms with Gasteiger partial charge in [0.05, 0.1) is 0 Å². The molecule has 0 N–H and O–H groups in total. The van der Waals surface area contributed by atoms with Crippen molar-refractivity contribution in [1.82, 2.24) is 0 Å². The van der Waals surface area contributed by atoms with Crippen molar-refractivity contribution >= 4 is 17.9 Å². The topological polar surface area (TPSA) is 78.9 Å². The lowest BCUT2D eigenvalue weighted by Gasteiger charge is -2.18. The second-order valence-electron chi connectivity index (χ2n) is 19.8. The lowest BCUT2D eigenvalue weighted by molar-refractivity contribution is -0.167. The van der Waals surface area contributed by atoms with Crippen molar-refractivity contribution in [2.45, 2.75) is 310 Å². The van der Waals surface area contributed by atoms with Crippen molar-refractivity contribution in [3.63, 3.8) is 0 Å². The summed E-state index contributed by atoms with van der Waals surface area (Å²) < 4.78 is 16.8. The molecule has 0 aromatic heterocycles. The maximum atomic E-state index is 12.8. The molecule has 6 heteroatoms. The molecule has 0 aliphatic carbocycles. The van der Waals surface area contributed by atoms with Crippen LogP contribution in [0.15, 0.2) is 0 Å². The standard InChI is InChI=1S/C55H106O6/c1-6-7-8-9-10-11-25-30-35-40-45-53(56)59-48-52(49-60-54(57)46-41-36-31-27-22-24-29-34-39-44-51(4)5)61-55(58)47-42-37-32-26-21-19-17-15-13-12-14-16-18-20-23-28-33-38-43-50(2)3/h50-52H,6-49H2,1-5H3/t52-/m1/s1. The molecular weight excluding hydrogens is 757 g/mol. The lowest BCUT2D eigenvalue weighted by atomic mass is 10.0. The van der Waals surface area contributed by atoms with Gasteiger partial charge >= 0.3 is 17.9 Å². The van der Waals surface area contributed by atoms with Crippen molar-refractivity contribution in [3.05, 3.63) is 0 Å². The van der Waals surface area contributed by atoms with Crippen LogP contribution in [0.25, 0.3) is 0 Å². The van der Waals surface area contributed by atoms with Crippen molar-refractivity contribution in [2.24, 2.45) is 11.8 Å². The van der Waals surface area contributed by atoms with E-state index in [2.05, 4.69) is 34.6 Å². The highest BCUT2D eigenvalue weighted by molar-refractivity contribution is 5.71. The number of unbranched alkanes of at least 4 members (excludes halogenated alkanes) is 34. The van der Waals surface area contributed by atoms with Gasteiger partial charge in [-0.25, -0.2) is 0 Å². The Labute approximate surface area is 380 Å². The van der Waals surface area contributed by atoms with Crippen LogP contribution in [0.4, 0.5) is 0 Å². The Balaban J connectivity index is 4.21. The number of esters is 3. The van der Waals surface area contributed by atoms with Crippen molar-refractivity contribution in [2.75, 3.05) is 13.2 Å². The van der Waals surface area contributed by atoms with Crippen LogP contribution in [-0.4, -0.2) is 37.2 Å². The predicted octanol–water partition coefficient (Wildman–Crippen LogP) is 17.7. The fourth-order valence-corrected chi connectivity index (χ4v) is 8.34. The van der Waals surface area contributed by atoms with Gasteiger partial charge in [0, 0.05) is 19.3 Å². The Hall–Kier alpha value is -1.59. The average Bonchev–Trinajstić information content (AvgIpc) is 3.23. The van der Waals surface area contributed by atoms with Crippen LogP contribution in [0.3, 0.4) is 0 Å².